The molecule has 2 aromatic carbocycles. The molecule has 0 atom stereocenters. The number of amides is 1. The Balaban J connectivity index is 1.33. The molecule has 2 heterocycles. The van der Waals surface area contributed by atoms with Crippen LogP contribution in [0.3, 0.4) is 0 Å². The maximum Gasteiger partial charge on any atom is 0.227 e. The standard InChI is InChI=1S/C21H22Cl2N2O4/c22-15-1-2-18(26)17(11-15)24-21(27)14-3-5-25(6-4-14)12-13-9-16(23)20-19(10-13)28-7-8-29-20/h1-2,9-11,14,26H,3-8,12H2,(H,24,27). The summed E-state index contributed by atoms with van der Waals surface area (Å²) >= 11 is 12.3. The quantitative estimate of drug-likeness (QED) is 0.698. The number of phenolic OH excluding ortho intramolecular Hbond substituents is 1. The predicted octanol–water partition coefficient (Wildman–Crippen LogP) is 4.32. The number of hydrogen-bond donors (Lipinski definition) is 2. The molecule has 2 N–H and O–H groups in total. The molecule has 1 saturated heterocycles. The van der Waals surface area contributed by atoms with Gasteiger partial charge in [0.2, 0.25) is 5.91 Å². The van der Waals surface area contributed by atoms with Crippen LogP contribution in [0.2, 0.25) is 10.0 Å². The van der Waals surface area contributed by atoms with Gasteiger partial charge in [0.25, 0.3) is 0 Å². The van der Waals surface area contributed by atoms with E-state index in [9.17, 15) is 9.90 Å². The summed E-state index contributed by atoms with van der Waals surface area (Å²) in [6.45, 7) is 3.36. The van der Waals surface area contributed by atoms with Crippen LogP contribution in [0.1, 0.15) is 18.4 Å². The van der Waals surface area contributed by atoms with Crippen LogP contribution >= 0.6 is 23.2 Å². The predicted molar refractivity (Wildman–Crippen MR) is 112 cm³/mol. The molecule has 1 fully saturated rings. The number of carbonyl (C=O) groups excluding carboxylic acids is 1. The number of piperidine rings is 1. The van der Waals surface area contributed by atoms with E-state index < -0.39 is 0 Å². The van der Waals surface area contributed by atoms with Crippen LogP contribution < -0.4 is 14.8 Å². The molecule has 2 aliphatic rings. The minimum atomic E-state index is -0.103. The molecule has 2 aliphatic heterocycles. The summed E-state index contributed by atoms with van der Waals surface area (Å²) < 4.78 is 11.2. The van der Waals surface area contributed by atoms with Crippen LogP contribution in [-0.2, 0) is 11.3 Å². The van der Waals surface area contributed by atoms with Crippen molar-refractivity contribution in [3.05, 3.63) is 45.9 Å². The Hall–Kier alpha value is -2.15. The maximum atomic E-state index is 12.6. The van der Waals surface area contributed by atoms with E-state index in [2.05, 4.69) is 10.2 Å². The normalized spacial score (nSPS) is 17.2. The highest BCUT2D eigenvalue weighted by Gasteiger charge is 2.26. The smallest absolute Gasteiger partial charge is 0.227 e. The maximum absolute atomic E-state index is 12.6. The summed E-state index contributed by atoms with van der Waals surface area (Å²) in [6, 6.07) is 8.49. The number of nitrogens with one attached hydrogen (secondary N) is 1. The molecular formula is C21H22Cl2N2O4. The Labute approximate surface area is 179 Å². The van der Waals surface area contributed by atoms with Crippen molar-refractivity contribution < 1.29 is 19.4 Å². The highest BCUT2D eigenvalue weighted by molar-refractivity contribution is 6.32. The van der Waals surface area contributed by atoms with Gasteiger partial charge in [-0.1, -0.05) is 23.2 Å². The van der Waals surface area contributed by atoms with Crippen LogP contribution in [-0.4, -0.2) is 42.2 Å². The van der Waals surface area contributed by atoms with Gasteiger partial charge in [-0.25, -0.2) is 0 Å². The molecule has 4 rings (SSSR count). The van der Waals surface area contributed by atoms with Gasteiger partial charge in [-0.05, 0) is 61.8 Å². The Morgan fingerprint density at radius 3 is 2.69 bits per heavy atom. The number of halogens is 2. The van der Waals surface area contributed by atoms with E-state index in [0.717, 1.165) is 38.0 Å². The summed E-state index contributed by atoms with van der Waals surface area (Å²) in [5.74, 6) is 1.12. The number of anilines is 1. The molecular weight excluding hydrogens is 415 g/mol. The summed E-state index contributed by atoms with van der Waals surface area (Å²) in [5, 5.41) is 13.7. The molecule has 2 aromatic rings. The lowest BCUT2D eigenvalue weighted by molar-refractivity contribution is -0.121. The first-order valence-corrected chi connectivity index (χ1v) is 10.3. The van der Waals surface area contributed by atoms with Gasteiger partial charge in [0.05, 0.1) is 10.7 Å². The fourth-order valence-electron chi connectivity index (χ4n) is 3.71. The number of hydrogen-bond acceptors (Lipinski definition) is 5. The molecule has 154 valence electrons. The van der Waals surface area contributed by atoms with Gasteiger partial charge < -0.3 is 19.9 Å². The lowest BCUT2D eigenvalue weighted by atomic mass is 9.95. The lowest BCUT2D eigenvalue weighted by Crippen LogP contribution is -2.37. The first-order chi connectivity index (χ1) is 14.0. The van der Waals surface area contributed by atoms with E-state index in [1.54, 1.807) is 12.1 Å². The number of benzene rings is 2. The van der Waals surface area contributed by atoms with Crippen LogP contribution in [0.4, 0.5) is 5.69 Å². The van der Waals surface area contributed by atoms with E-state index >= 15 is 0 Å². The zero-order chi connectivity index (χ0) is 20.4. The third-order valence-electron chi connectivity index (χ3n) is 5.24. The molecule has 0 aliphatic carbocycles. The monoisotopic (exact) mass is 436 g/mol. The van der Waals surface area contributed by atoms with Crippen molar-refractivity contribution in [3.8, 4) is 17.2 Å². The van der Waals surface area contributed by atoms with Gasteiger partial charge in [0.1, 0.15) is 19.0 Å². The molecule has 0 spiro atoms. The summed E-state index contributed by atoms with van der Waals surface area (Å²) in [5.41, 5.74) is 1.40. The van der Waals surface area contributed by atoms with E-state index in [-0.39, 0.29) is 17.6 Å². The number of ether oxygens (including phenoxy) is 2. The van der Waals surface area contributed by atoms with Crippen molar-refractivity contribution in [3.63, 3.8) is 0 Å². The zero-order valence-electron chi connectivity index (χ0n) is 15.8. The SMILES string of the molecule is O=C(Nc1cc(Cl)ccc1O)C1CCN(Cc2cc(Cl)c3c(c2)OCCO3)CC1. The zero-order valence-corrected chi connectivity index (χ0v) is 17.3. The summed E-state index contributed by atoms with van der Waals surface area (Å²) in [7, 11) is 0. The molecule has 29 heavy (non-hydrogen) atoms. The van der Waals surface area contributed by atoms with Crippen LogP contribution in [0.15, 0.2) is 30.3 Å². The number of nitrogens with zero attached hydrogens (tertiary/aromatic N) is 1. The topological polar surface area (TPSA) is 71.0 Å². The summed E-state index contributed by atoms with van der Waals surface area (Å²) in [4.78, 5) is 14.9. The van der Waals surface area contributed by atoms with Gasteiger partial charge in [-0.2, -0.15) is 0 Å². The van der Waals surface area contributed by atoms with E-state index in [1.165, 1.54) is 6.07 Å². The second-order valence-corrected chi connectivity index (χ2v) is 8.15. The second-order valence-electron chi connectivity index (χ2n) is 7.30. The Kier molecular flexibility index (Phi) is 6.04. The first kappa shape index (κ1) is 20.1. The number of rotatable bonds is 4. The van der Waals surface area contributed by atoms with Crippen LogP contribution in [0.5, 0.6) is 17.2 Å². The van der Waals surface area contributed by atoms with Crippen LogP contribution in [0, 0.1) is 5.92 Å². The average molecular weight is 437 g/mol. The number of likely N-dealkylation sites (tertiary alicyclic amines) is 1. The number of carbonyl (C=O) groups is 1. The Morgan fingerprint density at radius 2 is 1.90 bits per heavy atom. The van der Waals surface area contributed by atoms with E-state index in [1.807, 2.05) is 12.1 Å². The van der Waals surface area contributed by atoms with Gasteiger partial charge in [-0.15, -0.1) is 0 Å². The Bertz CT molecular complexity index is 914. The molecule has 0 saturated carbocycles. The van der Waals surface area contributed by atoms with Crippen molar-refractivity contribution in [1.82, 2.24) is 4.90 Å². The number of aromatic hydroxyl groups is 1. The summed E-state index contributed by atoms with van der Waals surface area (Å²) in [6.07, 6.45) is 1.48. The minimum Gasteiger partial charge on any atom is -0.506 e. The van der Waals surface area contributed by atoms with Gasteiger partial charge in [-0.3, -0.25) is 9.69 Å². The van der Waals surface area contributed by atoms with Crippen molar-refractivity contribution in [1.29, 1.82) is 0 Å². The van der Waals surface area contributed by atoms with Gasteiger partial charge in [0.15, 0.2) is 11.5 Å². The lowest BCUT2D eigenvalue weighted by Gasteiger charge is -2.31. The molecule has 6 nitrogen and oxygen atoms in total. The largest absolute Gasteiger partial charge is 0.506 e. The molecule has 0 radical (unpaired) electrons. The van der Waals surface area contributed by atoms with Gasteiger partial charge >= 0.3 is 0 Å². The van der Waals surface area contributed by atoms with Crippen LogP contribution in [0.25, 0.3) is 0 Å². The fourth-order valence-corrected chi connectivity index (χ4v) is 4.17. The minimum absolute atomic E-state index is 0.00988. The van der Waals surface area contributed by atoms with E-state index in [4.69, 9.17) is 32.7 Å². The number of phenols is 1. The van der Waals surface area contributed by atoms with Gasteiger partial charge in [0, 0.05) is 17.5 Å². The fraction of sp³-hybridized carbons (Fsp3) is 0.381. The highest BCUT2D eigenvalue weighted by Crippen LogP contribution is 2.38. The Morgan fingerprint density at radius 1 is 1.14 bits per heavy atom. The van der Waals surface area contributed by atoms with Crippen molar-refractivity contribution in [2.24, 2.45) is 5.92 Å². The second kappa shape index (κ2) is 8.69. The number of fused-ring (bicyclic) bond motifs is 1. The van der Waals surface area contributed by atoms with Crippen molar-refractivity contribution in [2.45, 2.75) is 19.4 Å². The highest BCUT2D eigenvalue weighted by atomic mass is 35.5. The third kappa shape index (κ3) is 4.71. The molecule has 0 aromatic heterocycles. The van der Waals surface area contributed by atoms with E-state index in [0.29, 0.717) is 40.4 Å². The van der Waals surface area contributed by atoms with Crippen molar-refractivity contribution in [2.75, 3.05) is 31.6 Å². The molecule has 8 heteroatoms. The first-order valence-electron chi connectivity index (χ1n) is 9.59. The molecule has 0 unspecified atom stereocenters. The average Bonchev–Trinajstić information content (AvgIpc) is 2.71. The third-order valence-corrected chi connectivity index (χ3v) is 5.75. The molecule has 0 bridgehead atoms. The molecule has 1 amide bonds. The van der Waals surface area contributed by atoms with Crippen molar-refractivity contribution >= 4 is 34.8 Å².